The number of aromatic nitrogens is 1. The Hall–Kier alpha value is -2.92. The number of carbonyl (C=O) groups excluding carboxylic acids is 1. The van der Waals surface area contributed by atoms with Crippen LogP contribution in [0.3, 0.4) is 0 Å². The zero-order chi connectivity index (χ0) is 21.3. The lowest BCUT2D eigenvalue weighted by atomic mass is 9.81. The van der Waals surface area contributed by atoms with E-state index in [2.05, 4.69) is 17.1 Å². The lowest BCUT2D eigenvalue weighted by Gasteiger charge is -2.27. The van der Waals surface area contributed by atoms with Crippen molar-refractivity contribution in [3.8, 4) is 5.75 Å². The highest BCUT2D eigenvalue weighted by Gasteiger charge is 2.45. The predicted octanol–water partition coefficient (Wildman–Crippen LogP) is 3.99. The number of hydrogen-bond acceptors (Lipinski definition) is 4. The Kier molecular flexibility index (Phi) is 5.48. The maximum Gasteiger partial charge on any atom is 0.233 e. The normalized spacial score (nSPS) is 20.0. The Labute approximate surface area is 177 Å². The fraction of sp³-hybridized carbons (Fsp3) is 0.360. The third kappa shape index (κ3) is 3.65. The van der Waals surface area contributed by atoms with E-state index >= 15 is 0 Å². The molecule has 1 fully saturated rings. The molecule has 2 heterocycles. The highest BCUT2D eigenvalue weighted by atomic mass is 16.5. The average Bonchev–Trinajstić information content (AvgIpc) is 3.07. The van der Waals surface area contributed by atoms with Gasteiger partial charge in [0.05, 0.1) is 23.6 Å². The van der Waals surface area contributed by atoms with Gasteiger partial charge in [-0.1, -0.05) is 30.3 Å². The molecular weight excluding hydrogens is 376 g/mol. The molecule has 1 aromatic heterocycles. The second kappa shape index (κ2) is 8.07. The number of para-hydroxylation sites is 1. The minimum Gasteiger partial charge on any atom is -0.489 e. The van der Waals surface area contributed by atoms with Gasteiger partial charge in [-0.3, -0.25) is 9.78 Å². The van der Waals surface area contributed by atoms with Crippen LogP contribution in [0.2, 0.25) is 0 Å². The van der Waals surface area contributed by atoms with Gasteiger partial charge in [-0.2, -0.15) is 0 Å². The molecule has 3 aromatic rings. The molecule has 5 heteroatoms. The van der Waals surface area contributed by atoms with Gasteiger partial charge in [-0.05, 0) is 57.0 Å². The number of fused-ring (bicyclic) bond motifs is 1. The van der Waals surface area contributed by atoms with Crippen molar-refractivity contribution in [2.45, 2.75) is 45.3 Å². The highest BCUT2D eigenvalue weighted by molar-refractivity contribution is 5.90. The molecule has 0 radical (unpaired) electrons. The number of carbonyl (C=O) groups is 1. The number of amides is 1. The molecule has 1 saturated heterocycles. The van der Waals surface area contributed by atoms with Crippen molar-refractivity contribution in [1.82, 2.24) is 9.88 Å². The number of benzene rings is 2. The molecule has 0 saturated carbocycles. The van der Waals surface area contributed by atoms with Crippen molar-refractivity contribution in [3.05, 3.63) is 71.4 Å². The predicted molar refractivity (Wildman–Crippen MR) is 117 cm³/mol. The summed E-state index contributed by atoms with van der Waals surface area (Å²) in [6.07, 6.45) is 0.749. The van der Waals surface area contributed by atoms with E-state index in [1.54, 1.807) is 4.90 Å². The number of ether oxygens (including phenoxy) is 1. The molecule has 1 aliphatic heterocycles. The minimum atomic E-state index is -0.555. The number of aliphatic hydroxyl groups is 1. The molecule has 4 rings (SSSR count). The fourth-order valence-electron chi connectivity index (χ4n) is 4.25. The standard InChI is InChI=1S/C25H28N2O3/c1-17-14-19(22-6-4-5-7-23(22)26-17)16-30-21-10-8-20(9-11-21)25(3)12-13-27(24(25)29)18(2)15-28/h4-11,14,18,28H,12-13,15-16H2,1-3H3. The first-order valence-corrected chi connectivity index (χ1v) is 10.4. The number of aliphatic hydroxyl groups excluding tert-OH is 1. The van der Waals surface area contributed by atoms with Crippen molar-refractivity contribution >= 4 is 16.8 Å². The second-order valence-electron chi connectivity index (χ2n) is 8.37. The van der Waals surface area contributed by atoms with Crippen LogP contribution < -0.4 is 4.74 Å². The maximum absolute atomic E-state index is 13.0. The lowest BCUT2D eigenvalue weighted by Crippen LogP contribution is -2.41. The minimum absolute atomic E-state index is 0.0161. The van der Waals surface area contributed by atoms with Crippen LogP contribution in [0.1, 0.15) is 37.1 Å². The zero-order valence-electron chi connectivity index (χ0n) is 17.8. The van der Waals surface area contributed by atoms with E-state index in [0.717, 1.165) is 39.9 Å². The number of likely N-dealkylation sites (tertiary alicyclic amines) is 1. The van der Waals surface area contributed by atoms with E-state index in [1.807, 2.05) is 63.2 Å². The smallest absolute Gasteiger partial charge is 0.233 e. The molecule has 1 aliphatic rings. The third-order valence-electron chi connectivity index (χ3n) is 6.20. The number of hydrogen-bond donors (Lipinski definition) is 1. The zero-order valence-corrected chi connectivity index (χ0v) is 17.8. The molecule has 2 atom stereocenters. The summed E-state index contributed by atoms with van der Waals surface area (Å²) in [5, 5.41) is 10.5. The van der Waals surface area contributed by atoms with Crippen molar-refractivity contribution < 1.29 is 14.6 Å². The van der Waals surface area contributed by atoms with Gasteiger partial charge in [0.1, 0.15) is 12.4 Å². The first kappa shape index (κ1) is 20.4. The van der Waals surface area contributed by atoms with Crippen LogP contribution in [0.15, 0.2) is 54.6 Å². The van der Waals surface area contributed by atoms with Crippen LogP contribution in [0, 0.1) is 6.92 Å². The van der Waals surface area contributed by atoms with Crippen molar-refractivity contribution in [2.24, 2.45) is 0 Å². The van der Waals surface area contributed by atoms with Crippen LogP contribution in [0.5, 0.6) is 5.75 Å². The Bertz CT molecular complexity index is 1060. The van der Waals surface area contributed by atoms with Gasteiger partial charge in [0.15, 0.2) is 0 Å². The SMILES string of the molecule is Cc1cc(COc2ccc(C3(C)CCN(C(C)CO)C3=O)cc2)c2ccccc2n1. The fourth-order valence-corrected chi connectivity index (χ4v) is 4.25. The van der Waals surface area contributed by atoms with Gasteiger partial charge in [-0.15, -0.1) is 0 Å². The summed E-state index contributed by atoms with van der Waals surface area (Å²) in [7, 11) is 0. The highest BCUT2D eigenvalue weighted by Crippen LogP contribution is 2.37. The van der Waals surface area contributed by atoms with Crippen LogP contribution in [-0.2, 0) is 16.8 Å². The molecule has 0 aliphatic carbocycles. The van der Waals surface area contributed by atoms with E-state index in [1.165, 1.54) is 0 Å². The summed E-state index contributed by atoms with van der Waals surface area (Å²) >= 11 is 0. The van der Waals surface area contributed by atoms with Gasteiger partial charge in [0.2, 0.25) is 5.91 Å². The first-order chi connectivity index (χ1) is 14.4. The Morgan fingerprint density at radius 1 is 1.20 bits per heavy atom. The molecule has 0 spiro atoms. The van der Waals surface area contributed by atoms with Gasteiger partial charge in [-0.25, -0.2) is 0 Å². The Morgan fingerprint density at radius 2 is 1.93 bits per heavy atom. The molecule has 156 valence electrons. The number of rotatable bonds is 6. The van der Waals surface area contributed by atoms with Gasteiger partial charge < -0.3 is 14.7 Å². The summed E-state index contributed by atoms with van der Waals surface area (Å²) in [5.41, 5.74) is 3.48. The quantitative estimate of drug-likeness (QED) is 0.675. The summed E-state index contributed by atoms with van der Waals surface area (Å²) in [6, 6.07) is 17.8. The largest absolute Gasteiger partial charge is 0.489 e. The van der Waals surface area contributed by atoms with E-state index in [9.17, 15) is 9.90 Å². The lowest BCUT2D eigenvalue weighted by molar-refractivity contribution is -0.134. The van der Waals surface area contributed by atoms with E-state index in [0.29, 0.717) is 13.2 Å². The maximum atomic E-state index is 13.0. The molecule has 0 bridgehead atoms. The average molecular weight is 405 g/mol. The van der Waals surface area contributed by atoms with Crippen molar-refractivity contribution in [1.29, 1.82) is 0 Å². The molecule has 5 nitrogen and oxygen atoms in total. The third-order valence-corrected chi connectivity index (χ3v) is 6.20. The van der Waals surface area contributed by atoms with Gasteiger partial charge in [0.25, 0.3) is 0 Å². The van der Waals surface area contributed by atoms with Gasteiger partial charge in [0, 0.05) is 23.2 Å². The van der Waals surface area contributed by atoms with Crippen molar-refractivity contribution in [2.75, 3.05) is 13.2 Å². The van der Waals surface area contributed by atoms with Gasteiger partial charge >= 0.3 is 0 Å². The molecule has 2 unspecified atom stereocenters. The summed E-state index contributed by atoms with van der Waals surface area (Å²) < 4.78 is 6.05. The summed E-state index contributed by atoms with van der Waals surface area (Å²) in [5.74, 6) is 0.850. The molecular formula is C25H28N2O3. The topological polar surface area (TPSA) is 62.7 Å². The van der Waals surface area contributed by atoms with E-state index in [-0.39, 0.29) is 18.6 Å². The van der Waals surface area contributed by atoms with Crippen LogP contribution >= 0.6 is 0 Å². The monoisotopic (exact) mass is 404 g/mol. The van der Waals surface area contributed by atoms with E-state index < -0.39 is 5.41 Å². The molecule has 2 aromatic carbocycles. The second-order valence-corrected chi connectivity index (χ2v) is 8.37. The summed E-state index contributed by atoms with van der Waals surface area (Å²) in [4.78, 5) is 19.3. The van der Waals surface area contributed by atoms with E-state index in [4.69, 9.17) is 4.74 Å². The number of pyridine rings is 1. The van der Waals surface area contributed by atoms with Crippen LogP contribution in [0.4, 0.5) is 0 Å². The summed E-state index contributed by atoms with van der Waals surface area (Å²) in [6.45, 7) is 6.97. The Balaban J connectivity index is 1.49. The van der Waals surface area contributed by atoms with Crippen molar-refractivity contribution in [3.63, 3.8) is 0 Å². The first-order valence-electron chi connectivity index (χ1n) is 10.4. The van der Waals surface area contributed by atoms with Crippen LogP contribution in [0.25, 0.3) is 10.9 Å². The molecule has 30 heavy (non-hydrogen) atoms. The number of nitrogens with zero attached hydrogens (tertiary/aromatic N) is 2. The molecule has 1 N–H and O–H groups in total. The number of aryl methyl sites for hydroxylation is 1. The Morgan fingerprint density at radius 3 is 2.67 bits per heavy atom. The molecule has 1 amide bonds. The van der Waals surface area contributed by atoms with Crippen LogP contribution in [-0.4, -0.2) is 40.1 Å².